The third kappa shape index (κ3) is 5.83. The molecule has 1 aromatic heterocycles. The van der Waals surface area contributed by atoms with Crippen LogP contribution >= 0.6 is 23.1 Å². The van der Waals surface area contributed by atoms with Crippen LogP contribution in [-0.4, -0.2) is 75.2 Å². The number of para-hydroxylation sites is 1. The average molecular weight is 629 g/mol. The fraction of sp³-hybridized carbons (Fsp3) is 0.296. The number of β-lactam (4-membered cyclic amide) rings is 1. The summed E-state index contributed by atoms with van der Waals surface area (Å²) in [6, 6.07) is 14.2. The van der Waals surface area contributed by atoms with Crippen LogP contribution < -0.4 is 10.2 Å². The zero-order valence-electron chi connectivity index (χ0n) is 22.5. The van der Waals surface area contributed by atoms with E-state index in [1.54, 1.807) is 5.32 Å². The van der Waals surface area contributed by atoms with Gasteiger partial charge in [-0.15, -0.1) is 23.1 Å². The number of carboxylic acid groups (broad SMARTS) is 1. The SMILES string of the molecule is CC(=O)N(c1cc2ccccc2s1)C1C(=O)N2CC(COC(=O)NC(=O)OCc3ccccc3[N+](=O)[O-])(C(=O)O)CS[C@H]12. The summed E-state index contributed by atoms with van der Waals surface area (Å²) in [7, 11) is 0. The van der Waals surface area contributed by atoms with Gasteiger partial charge in [-0.2, -0.15) is 0 Å². The summed E-state index contributed by atoms with van der Waals surface area (Å²) in [6.07, 6.45) is -2.54. The van der Waals surface area contributed by atoms with Crippen molar-refractivity contribution in [3.8, 4) is 0 Å². The molecule has 16 heteroatoms. The number of hydrogen-bond donors (Lipinski definition) is 2. The van der Waals surface area contributed by atoms with Gasteiger partial charge in [0.2, 0.25) is 11.8 Å². The molecule has 2 saturated heterocycles. The number of nitrogens with one attached hydrogen (secondary N) is 1. The van der Waals surface area contributed by atoms with Crippen LogP contribution in [0.3, 0.4) is 0 Å². The summed E-state index contributed by atoms with van der Waals surface area (Å²) in [6.45, 7) is -0.0618. The molecule has 2 fully saturated rings. The minimum atomic E-state index is -1.67. The number of carboxylic acids is 1. The summed E-state index contributed by atoms with van der Waals surface area (Å²) in [4.78, 5) is 75.8. The average Bonchev–Trinajstić information content (AvgIpc) is 3.41. The van der Waals surface area contributed by atoms with Crippen molar-refractivity contribution in [2.45, 2.75) is 24.9 Å². The normalized spacial score (nSPS) is 20.9. The predicted molar refractivity (Wildman–Crippen MR) is 155 cm³/mol. The van der Waals surface area contributed by atoms with Gasteiger partial charge in [0.15, 0.2) is 0 Å². The summed E-state index contributed by atoms with van der Waals surface area (Å²) in [5, 5.41) is 23.9. The Morgan fingerprint density at radius 2 is 1.84 bits per heavy atom. The lowest BCUT2D eigenvalue weighted by Gasteiger charge is -2.55. The number of rotatable bonds is 8. The second-order valence-electron chi connectivity index (χ2n) is 9.87. The van der Waals surface area contributed by atoms with Gasteiger partial charge < -0.3 is 19.5 Å². The van der Waals surface area contributed by atoms with Gasteiger partial charge in [0.1, 0.15) is 30.0 Å². The maximum Gasteiger partial charge on any atom is 0.416 e. The van der Waals surface area contributed by atoms with Gasteiger partial charge in [-0.05, 0) is 23.6 Å². The zero-order chi connectivity index (χ0) is 30.9. The molecule has 0 radical (unpaired) electrons. The van der Waals surface area contributed by atoms with Gasteiger partial charge >= 0.3 is 18.2 Å². The van der Waals surface area contributed by atoms with Crippen LogP contribution in [0.1, 0.15) is 12.5 Å². The molecule has 0 aliphatic carbocycles. The van der Waals surface area contributed by atoms with Crippen LogP contribution in [0.2, 0.25) is 0 Å². The summed E-state index contributed by atoms with van der Waals surface area (Å²) >= 11 is 2.54. The Kier molecular flexibility index (Phi) is 8.23. The van der Waals surface area contributed by atoms with Gasteiger partial charge in [0.05, 0.1) is 15.5 Å². The monoisotopic (exact) mass is 628 g/mol. The van der Waals surface area contributed by atoms with Gasteiger partial charge in [-0.3, -0.25) is 29.4 Å². The van der Waals surface area contributed by atoms with Crippen LogP contribution in [0.5, 0.6) is 0 Å². The fourth-order valence-electron chi connectivity index (χ4n) is 4.88. The first-order valence-corrected chi connectivity index (χ1v) is 14.6. The van der Waals surface area contributed by atoms with Crippen molar-refractivity contribution in [3.63, 3.8) is 0 Å². The Morgan fingerprint density at radius 3 is 2.53 bits per heavy atom. The number of nitrogens with zero attached hydrogens (tertiary/aromatic N) is 3. The number of alkyl carbamates (subject to hydrolysis) is 2. The molecule has 224 valence electrons. The van der Waals surface area contributed by atoms with Crippen LogP contribution in [0.15, 0.2) is 54.6 Å². The van der Waals surface area contributed by atoms with Gasteiger partial charge in [-0.1, -0.05) is 30.3 Å². The highest BCUT2D eigenvalue weighted by molar-refractivity contribution is 8.00. The first kappa shape index (κ1) is 29.8. The highest BCUT2D eigenvalue weighted by Crippen LogP contribution is 2.46. The molecule has 0 bridgehead atoms. The number of carbonyl (C=O) groups is 5. The Labute approximate surface area is 251 Å². The fourth-order valence-corrected chi connectivity index (χ4v) is 7.59. The number of amides is 4. The molecule has 5 rings (SSSR count). The maximum absolute atomic E-state index is 13.3. The van der Waals surface area contributed by atoms with Crippen LogP contribution in [-0.2, 0) is 30.5 Å². The zero-order valence-corrected chi connectivity index (χ0v) is 24.1. The smallest absolute Gasteiger partial charge is 0.416 e. The lowest BCUT2D eigenvalue weighted by molar-refractivity contribution is -0.385. The Bertz CT molecular complexity index is 1610. The highest BCUT2D eigenvalue weighted by atomic mass is 32.2. The Morgan fingerprint density at radius 1 is 1.14 bits per heavy atom. The van der Waals surface area contributed by atoms with Crippen molar-refractivity contribution in [2.24, 2.45) is 5.41 Å². The molecule has 14 nitrogen and oxygen atoms in total. The van der Waals surface area contributed by atoms with E-state index in [0.29, 0.717) is 5.00 Å². The molecule has 3 heterocycles. The lowest BCUT2D eigenvalue weighted by Crippen LogP contribution is -2.74. The molecule has 4 amide bonds. The third-order valence-electron chi connectivity index (χ3n) is 7.07. The van der Waals surface area contributed by atoms with Crippen molar-refractivity contribution in [2.75, 3.05) is 23.8 Å². The van der Waals surface area contributed by atoms with E-state index in [1.807, 2.05) is 30.3 Å². The van der Waals surface area contributed by atoms with Crippen LogP contribution in [0.25, 0.3) is 10.1 Å². The summed E-state index contributed by atoms with van der Waals surface area (Å²) < 4.78 is 10.8. The Hall–Kier alpha value is -4.70. The topological polar surface area (TPSA) is 186 Å². The summed E-state index contributed by atoms with van der Waals surface area (Å²) in [5.41, 5.74) is -1.85. The molecular formula is C27H24N4O10S2. The van der Waals surface area contributed by atoms with E-state index in [1.165, 1.54) is 52.3 Å². The number of ether oxygens (including phenoxy) is 2. The molecule has 2 aliphatic rings. The third-order valence-corrected chi connectivity index (χ3v) is 9.76. The number of fused-ring (bicyclic) bond motifs is 2. The number of hydrogen-bond acceptors (Lipinski definition) is 11. The lowest BCUT2D eigenvalue weighted by atomic mass is 9.88. The van der Waals surface area contributed by atoms with Gasteiger partial charge in [-0.25, -0.2) is 14.9 Å². The van der Waals surface area contributed by atoms with Gasteiger partial charge in [0, 0.05) is 30.0 Å². The number of aliphatic carboxylic acids is 1. The number of imide groups is 1. The molecule has 3 atom stereocenters. The number of thioether (sulfide) groups is 1. The molecule has 43 heavy (non-hydrogen) atoms. The van der Waals surface area contributed by atoms with E-state index in [9.17, 15) is 39.2 Å². The molecule has 2 unspecified atom stereocenters. The molecule has 2 N–H and O–H groups in total. The van der Waals surface area contributed by atoms with E-state index in [0.717, 1.165) is 21.8 Å². The van der Waals surface area contributed by atoms with E-state index >= 15 is 0 Å². The molecule has 2 aromatic carbocycles. The minimum absolute atomic E-state index is 0.0408. The number of nitro groups is 1. The van der Waals surface area contributed by atoms with Crippen molar-refractivity contribution in [1.82, 2.24) is 10.2 Å². The van der Waals surface area contributed by atoms with E-state index in [4.69, 9.17) is 9.47 Å². The highest BCUT2D eigenvalue weighted by Gasteiger charge is 2.60. The number of nitro benzene ring substituents is 1. The van der Waals surface area contributed by atoms with Crippen molar-refractivity contribution in [1.29, 1.82) is 0 Å². The standard InChI is InChI=1S/C27H24N4O10S2/c1-15(32)30(20-10-16-6-3-5-9-19(16)43-20)21-22(33)29-12-27(24(34)35,14-42-23(21)29)13-41-26(37)28-25(36)40-11-17-7-2-4-8-18(17)31(38)39/h2-10,21,23H,11-14H2,1H3,(H,34,35)(H,28,36,37)/t21?,23-,27?/m1/s1. The first-order chi connectivity index (χ1) is 20.5. The van der Waals surface area contributed by atoms with Gasteiger partial charge in [0.25, 0.3) is 5.69 Å². The quantitative estimate of drug-likeness (QED) is 0.211. The van der Waals surface area contributed by atoms with Crippen LogP contribution in [0, 0.1) is 15.5 Å². The molecular weight excluding hydrogens is 604 g/mol. The first-order valence-electron chi connectivity index (χ1n) is 12.8. The maximum atomic E-state index is 13.3. The van der Waals surface area contributed by atoms with E-state index in [-0.39, 0.29) is 29.5 Å². The second-order valence-corrected chi connectivity index (χ2v) is 12.0. The van der Waals surface area contributed by atoms with Crippen molar-refractivity contribution < 1.29 is 43.5 Å². The van der Waals surface area contributed by atoms with Crippen molar-refractivity contribution in [3.05, 3.63) is 70.3 Å². The van der Waals surface area contributed by atoms with E-state index < -0.39 is 59.0 Å². The van der Waals surface area contributed by atoms with E-state index in [2.05, 4.69) is 0 Å². The van der Waals surface area contributed by atoms with Crippen LogP contribution in [0.4, 0.5) is 20.3 Å². The number of carbonyl (C=O) groups excluding carboxylic acids is 4. The largest absolute Gasteiger partial charge is 0.481 e. The molecule has 0 spiro atoms. The Balaban J connectivity index is 1.19. The molecule has 3 aromatic rings. The second kappa shape index (κ2) is 11.9. The number of benzene rings is 2. The summed E-state index contributed by atoms with van der Waals surface area (Å²) in [5.74, 6) is -2.11. The number of anilines is 1. The predicted octanol–water partition coefficient (Wildman–Crippen LogP) is 3.58. The molecule has 2 aliphatic heterocycles. The van der Waals surface area contributed by atoms with Crippen molar-refractivity contribution >= 4 is 73.8 Å². The minimum Gasteiger partial charge on any atom is -0.481 e. The molecule has 0 saturated carbocycles. The number of thiophene rings is 1.